The summed E-state index contributed by atoms with van der Waals surface area (Å²) < 4.78 is 47.2. The molecule has 0 unspecified atom stereocenters. The molecule has 0 fully saturated rings. The number of esters is 1. The Bertz CT molecular complexity index is 757. The van der Waals surface area contributed by atoms with Crippen LogP contribution >= 0.6 is 0 Å². The highest BCUT2D eigenvalue weighted by molar-refractivity contribution is 5.96. The third-order valence-corrected chi connectivity index (χ3v) is 3.16. The second kappa shape index (κ2) is 7.69. The van der Waals surface area contributed by atoms with Crippen LogP contribution in [0.5, 0.6) is 5.75 Å². The number of methoxy groups -OCH3 is 1. The Labute approximate surface area is 141 Å². The SMILES string of the molecule is COc1ccccc1NC(=O)COC(=O)c1ccc(C(F)(F)F)cc1. The van der Waals surface area contributed by atoms with Crippen molar-refractivity contribution in [1.29, 1.82) is 0 Å². The smallest absolute Gasteiger partial charge is 0.416 e. The molecule has 0 heterocycles. The summed E-state index contributed by atoms with van der Waals surface area (Å²) in [5, 5.41) is 2.51. The lowest BCUT2D eigenvalue weighted by Gasteiger charge is -2.10. The summed E-state index contributed by atoms with van der Waals surface area (Å²) in [5.74, 6) is -1.07. The van der Waals surface area contributed by atoms with E-state index < -0.39 is 30.2 Å². The average Bonchev–Trinajstić information content (AvgIpc) is 2.59. The van der Waals surface area contributed by atoms with Gasteiger partial charge in [-0.25, -0.2) is 4.79 Å². The number of carbonyl (C=O) groups excluding carboxylic acids is 2. The van der Waals surface area contributed by atoms with Crippen LogP contribution in [0.3, 0.4) is 0 Å². The van der Waals surface area contributed by atoms with Crippen LogP contribution in [0, 0.1) is 0 Å². The molecule has 2 rings (SSSR count). The molecular weight excluding hydrogens is 339 g/mol. The summed E-state index contributed by atoms with van der Waals surface area (Å²) in [4.78, 5) is 23.6. The fourth-order valence-electron chi connectivity index (χ4n) is 1.94. The van der Waals surface area contributed by atoms with E-state index in [4.69, 9.17) is 9.47 Å². The van der Waals surface area contributed by atoms with Gasteiger partial charge in [-0.15, -0.1) is 0 Å². The molecule has 0 saturated carbocycles. The monoisotopic (exact) mass is 353 g/mol. The number of ether oxygens (including phenoxy) is 2. The highest BCUT2D eigenvalue weighted by atomic mass is 19.4. The zero-order valence-electron chi connectivity index (χ0n) is 13.1. The number of anilines is 1. The molecule has 0 aromatic heterocycles. The van der Waals surface area contributed by atoms with Crippen LogP contribution < -0.4 is 10.1 Å². The van der Waals surface area contributed by atoms with Crippen LogP contribution in [-0.2, 0) is 15.7 Å². The van der Waals surface area contributed by atoms with Crippen molar-refractivity contribution in [2.75, 3.05) is 19.0 Å². The first-order chi connectivity index (χ1) is 11.8. The van der Waals surface area contributed by atoms with Crippen LogP contribution in [0.25, 0.3) is 0 Å². The maximum Gasteiger partial charge on any atom is 0.416 e. The first-order valence-corrected chi connectivity index (χ1v) is 7.08. The fraction of sp³-hybridized carbons (Fsp3) is 0.176. The van der Waals surface area contributed by atoms with Gasteiger partial charge in [0.2, 0.25) is 0 Å². The van der Waals surface area contributed by atoms with E-state index in [0.29, 0.717) is 11.4 Å². The first kappa shape index (κ1) is 18.3. The molecule has 1 amide bonds. The van der Waals surface area contributed by atoms with E-state index in [2.05, 4.69) is 5.32 Å². The molecule has 25 heavy (non-hydrogen) atoms. The van der Waals surface area contributed by atoms with Gasteiger partial charge in [0.15, 0.2) is 6.61 Å². The molecule has 0 atom stereocenters. The molecule has 8 heteroatoms. The normalized spacial score (nSPS) is 10.9. The molecule has 0 saturated heterocycles. The Hall–Kier alpha value is -3.03. The Balaban J connectivity index is 1.92. The minimum absolute atomic E-state index is 0.0851. The summed E-state index contributed by atoms with van der Waals surface area (Å²) >= 11 is 0. The second-order valence-electron chi connectivity index (χ2n) is 4.90. The van der Waals surface area contributed by atoms with Gasteiger partial charge in [0.1, 0.15) is 5.75 Å². The molecular formula is C17H14F3NO4. The van der Waals surface area contributed by atoms with E-state index >= 15 is 0 Å². The maximum atomic E-state index is 12.5. The lowest BCUT2D eigenvalue weighted by atomic mass is 10.1. The van der Waals surface area contributed by atoms with E-state index in [1.807, 2.05) is 0 Å². The standard InChI is InChI=1S/C17H14F3NO4/c1-24-14-5-3-2-4-13(14)21-15(22)10-25-16(23)11-6-8-12(9-7-11)17(18,19)20/h2-9H,10H2,1H3,(H,21,22). The van der Waals surface area contributed by atoms with Crippen molar-refractivity contribution in [3.8, 4) is 5.75 Å². The third-order valence-electron chi connectivity index (χ3n) is 3.16. The number of carbonyl (C=O) groups is 2. The number of alkyl halides is 3. The van der Waals surface area contributed by atoms with Crippen molar-refractivity contribution in [2.45, 2.75) is 6.18 Å². The van der Waals surface area contributed by atoms with E-state index in [0.717, 1.165) is 24.3 Å². The van der Waals surface area contributed by atoms with Crippen molar-refractivity contribution in [3.05, 3.63) is 59.7 Å². The lowest BCUT2D eigenvalue weighted by molar-refractivity contribution is -0.137. The van der Waals surface area contributed by atoms with Gasteiger partial charge in [0, 0.05) is 0 Å². The first-order valence-electron chi connectivity index (χ1n) is 7.08. The maximum absolute atomic E-state index is 12.5. The predicted molar refractivity (Wildman–Crippen MR) is 83.4 cm³/mol. The predicted octanol–water partition coefficient (Wildman–Crippen LogP) is 3.51. The van der Waals surface area contributed by atoms with Crippen molar-refractivity contribution in [2.24, 2.45) is 0 Å². The minimum atomic E-state index is -4.49. The van der Waals surface area contributed by atoms with Crippen molar-refractivity contribution in [3.63, 3.8) is 0 Å². The van der Waals surface area contributed by atoms with Gasteiger partial charge in [0.05, 0.1) is 23.9 Å². The Morgan fingerprint density at radius 1 is 1.04 bits per heavy atom. The van der Waals surface area contributed by atoms with Gasteiger partial charge in [-0.3, -0.25) is 4.79 Å². The molecule has 132 valence electrons. The summed E-state index contributed by atoms with van der Waals surface area (Å²) in [6.45, 7) is -0.585. The van der Waals surface area contributed by atoms with Crippen molar-refractivity contribution in [1.82, 2.24) is 0 Å². The lowest BCUT2D eigenvalue weighted by Crippen LogP contribution is -2.21. The number of amides is 1. The number of hydrogen-bond acceptors (Lipinski definition) is 4. The van der Waals surface area contributed by atoms with E-state index in [-0.39, 0.29) is 5.56 Å². The number of para-hydroxylation sites is 2. The van der Waals surface area contributed by atoms with Crippen LogP contribution in [0.4, 0.5) is 18.9 Å². The number of benzene rings is 2. The molecule has 2 aromatic carbocycles. The average molecular weight is 353 g/mol. The van der Waals surface area contributed by atoms with Crippen LogP contribution in [0.1, 0.15) is 15.9 Å². The van der Waals surface area contributed by atoms with Gasteiger partial charge in [-0.2, -0.15) is 13.2 Å². The van der Waals surface area contributed by atoms with Crippen LogP contribution in [-0.4, -0.2) is 25.6 Å². The zero-order chi connectivity index (χ0) is 18.4. The topological polar surface area (TPSA) is 64.6 Å². The molecule has 1 N–H and O–H groups in total. The molecule has 5 nitrogen and oxygen atoms in total. The molecule has 0 aliphatic carbocycles. The van der Waals surface area contributed by atoms with Crippen molar-refractivity contribution >= 4 is 17.6 Å². The molecule has 2 aromatic rings. The number of rotatable bonds is 5. The largest absolute Gasteiger partial charge is 0.495 e. The quantitative estimate of drug-likeness (QED) is 0.836. The minimum Gasteiger partial charge on any atom is -0.495 e. The summed E-state index contributed by atoms with van der Waals surface area (Å²) in [6, 6.07) is 10.2. The van der Waals surface area contributed by atoms with Gasteiger partial charge in [0.25, 0.3) is 5.91 Å². The molecule has 0 radical (unpaired) electrons. The Morgan fingerprint density at radius 3 is 2.28 bits per heavy atom. The molecule has 0 bridgehead atoms. The summed E-state index contributed by atoms with van der Waals surface area (Å²) in [5.41, 5.74) is -0.559. The Kier molecular flexibility index (Phi) is 5.63. The van der Waals surface area contributed by atoms with E-state index in [1.54, 1.807) is 24.3 Å². The second-order valence-corrected chi connectivity index (χ2v) is 4.90. The fourth-order valence-corrected chi connectivity index (χ4v) is 1.94. The molecule has 0 aliphatic rings. The number of halogens is 3. The third kappa shape index (κ3) is 4.97. The highest BCUT2D eigenvalue weighted by Gasteiger charge is 2.30. The number of nitrogens with one attached hydrogen (secondary N) is 1. The van der Waals surface area contributed by atoms with E-state index in [1.165, 1.54) is 7.11 Å². The van der Waals surface area contributed by atoms with Crippen LogP contribution in [0.15, 0.2) is 48.5 Å². The van der Waals surface area contributed by atoms with Gasteiger partial charge in [-0.1, -0.05) is 12.1 Å². The van der Waals surface area contributed by atoms with Crippen LogP contribution in [0.2, 0.25) is 0 Å². The van der Waals surface area contributed by atoms with E-state index in [9.17, 15) is 22.8 Å². The Morgan fingerprint density at radius 2 is 1.68 bits per heavy atom. The molecule has 0 spiro atoms. The van der Waals surface area contributed by atoms with Gasteiger partial charge < -0.3 is 14.8 Å². The summed E-state index contributed by atoms with van der Waals surface area (Å²) in [6.07, 6.45) is -4.49. The zero-order valence-corrected chi connectivity index (χ0v) is 13.1. The van der Waals surface area contributed by atoms with Gasteiger partial charge in [-0.05, 0) is 36.4 Å². The highest BCUT2D eigenvalue weighted by Crippen LogP contribution is 2.29. The van der Waals surface area contributed by atoms with Crippen molar-refractivity contribution < 1.29 is 32.2 Å². The van der Waals surface area contributed by atoms with Gasteiger partial charge >= 0.3 is 12.1 Å². The summed E-state index contributed by atoms with van der Waals surface area (Å²) in [7, 11) is 1.44. The molecule has 0 aliphatic heterocycles. The number of hydrogen-bond donors (Lipinski definition) is 1.